The molecule has 0 heterocycles. The second kappa shape index (κ2) is 5.84. The van der Waals surface area contributed by atoms with Gasteiger partial charge < -0.3 is 17.7 Å². The van der Waals surface area contributed by atoms with Crippen LogP contribution in [0.4, 0.5) is 0 Å². The molecule has 6 heteroatoms. The maximum absolute atomic E-state index is 10.00. The summed E-state index contributed by atoms with van der Waals surface area (Å²) in [5.41, 5.74) is 5.29. The zero-order chi connectivity index (χ0) is 8.69. The topological polar surface area (TPSA) is 89.3 Å². The molecule has 0 aromatic heterocycles. The number of rotatable bonds is 4. The Balaban J connectivity index is 3.54. The number of guanidine groups is 1. The molecule has 5 N–H and O–H groups in total. The Bertz CT molecular complexity index is 160. The van der Waals surface area contributed by atoms with E-state index in [2.05, 4.69) is 22.9 Å². The van der Waals surface area contributed by atoms with Crippen molar-refractivity contribution < 1.29 is 14.9 Å². The van der Waals surface area contributed by atoms with Crippen LogP contribution in [0.15, 0.2) is 0 Å². The number of carbonyl (C=O) groups is 1. The number of carboxylic acid groups (broad SMARTS) is 1. The number of carboxylic acids is 1. The summed E-state index contributed by atoms with van der Waals surface area (Å²) in [6.45, 7) is 0.379. The molecule has 0 atom stereocenters. The van der Waals surface area contributed by atoms with Crippen molar-refractivity contribution in [3.8, 4) is 0 Å². The van der Waals surface area contributed by atoms with Crippen LogP contribution in [-0.4, -0.2) is 35.9 Å². The first-order valence-electron chi connectivity index (χ1n) is 3.07. The van der Waals surface area contributed by atoms with Gasteiger partial charge in [-0.2, -0.15) is 0 Å². The zero-order valence-corrected chi connectivity index (χ0v) is 6.78. The molecule has 0 aromatic rings. The van der Waals surface area contributed by atoms with Gasteiger partial charge in [0, 0.05) is 6.54 Å². The largest absolute Gasteiger partial charge is 0.790 e. The molecular weight excluding hydrogens is 166 g/mol. The van der Waals surface area contributed by atoms with E-state index in [9.17, 15) is 4.79 Å². The standard InChI is InChI=1S/C5H11N3O2S/c6-5(7-1-2-11)8-3-4(9)10/h11H,1-3H2,(H,9,10)(H3,6,7,8). The molecule has 0 aliphatic carbocycles. The zero-order valence-electron chi connectivity index (χ0n) is 5.96. The number of hydrogen-bond acceptors (Lipinski definition) is 2. The lowest BCUT2D eigenvalue weighted by Gasteiger charge is -2.00. The van der Waals surface area contributed by atoms with Gasteiger partial charge in [-0.15, -0.1) is 5.75 Å². The average Bonchev–Trinajstić information content (AvgIpc) is 1.97. The Hall–Kier alpha value is -0.910. The third-order valence-corrected chi connectivity index (χ3v) is 1.05. The van der Waals surface area contributed by atoms with Crippen molar-refractivity contribution in [2.24, 2.45) is 5.73 Å². The normalized spacial score (nSPS) is 11.2. The summed E-state index contributed by atoms with van der Waals surface area (Å²) in [6.07, 6.45) is 0. The van der Waals surface area contributed by atoms with E-state index in [0.29, 0.717) is 12.3 Å². The fourth-order valence-corrected chi connectivity index (χ4v) is 0.521. The van der Waals surface area contributed by atoms with Crippen LogP contribution in [0, 0.1) is 0 Å². The molecule has 0 saturated heterocycles. The second-order valence-corrected chi connectivity index (χ2v) is 2.20. The minimum Gasteiger partial charge on any atom is -0.790 e. The molecule has 64 valence electrons. The van der Waals surface area contributed by atoms with E-state index in [1.807, 2.05) is 0 Å². The van der Waals surface area contributed by atoms with Gasteiger partial charge >= 0.3 is 11.9 Å². The maximum atomic E-state index is 10.00. The molecule has 0 amide bonds. The highest BCUT2D eigenvalue weighted by Gasteiger charge is 1.97. The number of hydrogen-bond donors (Lipinski definition) is 4. The van der Waals surface area contributed by atoms with E-state index in [0.717, 1.165) is 0 Å². The van der Waals surface area contributed by atoms with Crippen LogP contribution in [-0.2, 0) is 17.4 Å². The van der Waals surface area contributed by atoms with E-state index >= 15 is 0 Å². The monoisotopic (exact) mass is 177 g/mol. The number of aliphatic carboxylic acids is 1. The van der Waals surface area contributed by atoms with Crippen LogP contribution < -0.4 is 16.0 Å². The van der Waals surface area contributed by atoms with Crippen molar-refractivity contribution in [3.05, 3.63) is 0 Å². The lowest BCUT2D eigenvalue weighted by molar-refractivity contribution is -0.450. The van der Waals surface area contributed by atoms with Crippen LogP contribution in [0.3, 0.4) is 0 Å². The fraction of sp³-hybridized carbons (Fsp3) is 0.600. The summed E-state index contributed by atoms with van der Waals surface area (Å²) in [6, 6.07) is 0. The Morgan fingerprint density at radius 1 is 1.73 bits per heavy atom. The van der Waals surface area contributed by atoms with Crippen molar-refractivity contribution in [2.45, 2.75) is 0 Å². The molecule has 0 aromatic carbocycles. The Morgan fingerprint density at radius 2 is 2.36 bits per heavy atom. The first-order valence-corrected chi connectivity index (χ1v) is 3.64. The summed E-state index contributed by atoms with van der Waals surface area (Å²) in [4.78, 5) is 12.5. The van der Waals surface area contributed by atoms with Crippen molar-refractivity contribution in [3.63, 3.8) is 0 Å². The van der Waals surface area contributed by atoms with Gasteiger partial charge in [0.15, 0.2) is 6.54 Å². The van der Waals surface area contributed by atoms with Gasteiger partial charge in [-0.3, -0.25) is 16.0 Å². The van der Waals surface area contributed by atoms with Crippen LogP contribution >= 0.6 is 0 Å². The molecule has 0 fully saturated rings. The third kappa shape index (κ3) is 6.98. The quantitative estimate of drug-likeness (QED) is 0.204. The van der Waals surface area contributed by atoms with E-state index < -0.39 is 5.97 Å². The highest BCUT2D eigenvalue weighted by molar-refractivity contribution is 7.58. The first kappa shape index (κ1) is 10.1. The molecule has 11 heavy (non-hydrogen) atoms. The summed E-state index contributed by atoms with van der Waals surface area (Å²) in [5.74, 6) is -0.166. The third-order valence-electron chi connectivity index (χ3n) is 0.848. The van der Waals surface area contributed by atoms with E-state index in [-0.39, 0.29) is 12.5 Å². The molecule has 0 rings (SSSR count). The molecular formula is C5H11N3O2S. The summed E-state index contributed by atoms with van der Waals surface area (Å²) >= 11 is 4.63. The highest BCUT2D eigenvalue weighted by Crippen LogP contribution is 1.51. The van der Waals surface area contributed by atoms with Gasteiger partial charge in [-0.05, 0) is 0 Å². The molecule has 0 saturated carbocycles. The lowest BCUT2D eigenvalue weighted by Crippen LogP contribution is -2.80. The smallest absolute Gasteiger partial charge is 0.341 e. The highest BCUT2D eigenvalue weighted by atomic mass is 32.1. The SMILES string of the molecule is NC(NCC[S-])=[NH+]CC(=O)O. The predicted molar refractivity (Wildman–Crippen MR) is 42.9 cm³/mol. The Morgan fingerprint density at radius 3 is 2.82 bits per heavy atom. The summed E-state index contributed by atoms with van der Waals surface area (Å²) < 4.78 is 0. The van der Waals surface area contributed by atoms with Crippen LogP contribution in [0.25, 0.3) is 0 Å². The lowest BCUT2D eigenvalue weighted by atomic mass is 10.7. The van der Waals surface area contributed by atoms with Gasteiger partial charge in [0.2, 0.25) is 0 Å². The van der Waals surface area contributed by atoms with E-state index in [4.69, 9.17) is 10.8 Å². The molecule has 0 aliphatic rings. The minimum absolute atomic E-state index is 0.184. The van der Waals surface area contributed by atoms with E-state index in [1.165, 1.54) is 0 Å². The van der Waals surface area contributed by atoms with Crippen molar-refractivity contribution in [1.29, 1.82) is 0 Å². The number of nitrogens with one attached hydrogen (secondary N) is 2. The summed E-state index contributed by atoms with van der Waals surface area (Å²) in [5, 5.41) is 10.9. The molecule has 0 bridgehead atoms. The van der Waals surface area contributed by atoms with Crippen LogP contribution in [0.1, 0.15) is 0 Å². The van der Waals surface area contributed by atoms with Crippen molar-refractivity contribution in [2.75, 3.05) is 18.8 Å². The molecule has 0 spiro atoms. The van der Waals surface area contributed by atoms with E-state index in [1.54, 1.807) is 0 Å². The Kier molecular flexibility index (Phi) is 5.36. The molecule has 5 nitrogen and oxygen atoms in total. The minimum atomic E-state index is -0.951. The molecule has 0 radical (unpaired) electrons. The van der Waals surface area contributed by atoms with Gasteiger partial charge in [-0.25, -0.2) is 4.79 Å². The maximum Gasteiger partial charge on any atom is 0.341 e. The van der Waals surface area contributed by atoms with Gasteiger partial charge in [0.25, 0.3) is 0 Å². The molecule has 0 unspecified atom stereocenters. The average molecular weight is 177 g/mol. The molecule has 0 aliphatic heterocycles. The van der Waals surface area contributed by atoms with Crippen LogP contribution in [0.2, 0.25) is 0 Å². The van der Waals surface area contributed by atoms with Crippen LogP contribution in [0.5, 0.6) is 0 Å². The number of nitrogens with two attached hydrogens (primary N) is 1. The Labute approximate surface area is 70.1 Å². The van der Waals surface area contributed by atoms with Gasteiger partial charge in [-0.1, -0.05) is 0 Å². The van der Waals surface area contributed by atoms with Crippen molar-refractivity contribution in [1.82, 2.24) is 5.32 Å². The first-order chi connectivity index (χ1) is 5.16. The van der Waals surface area contributed by atoms with Gasteiger partial charge in [0.05, 0.1) is 0 Å². The van der Waals surface area contributed by atoms with Crippen molar-refractivity contribution >= 4 is 24.6 Å². The summed E-state index contributed by atoms with van der Waals surface area (Å²) in [7, 11) is 0. The fourth-order valence-electron chi connectivity index (χ4n) is 0.419. The second-order valence-electron chi connectivity index (χ2n) is 1.79. The predicted octanol–water partition coefficient (Wildman–Crippen LogP) is -3.40. The van der Waals surface area contributed by atoms with Gasteiger partial charge in [0.1, 0.15) is 0 Å².